The lowest BCUT2D eigenvalue weighted by Gasteiger charge is -2.04. The molecule has 0 radical (unpaired) electrons. The Morgan fingerprint density at radius 3 is 3.00 bits per heavy atom. The minimum Gasteiger partial charge on any atom is -0.334 e. The zero-order chi connectivity index (χ0) is 8.10. The lowest BCUT2D eigenvalue weighted by molar-refractivity contribution is -0.105. The first-order chi connectivity index (χ1) is 5.33. The van der Waals surface area contributed by atoms with E-state index in [1.807, 2.05) is 0 Å². The Kier molecular flexibility index (Phi) is 3.49. The van der Waals surface area contributed by atoms with Gasteiger partial charge in [-0.1, -0.05) is 6.58 Å². The molecule has 2 nitrogen and oxygen atoms in total. The first-order valence-electron chi connectivity index (χ1n) is 3.82. The number of carbonyl (C=O) groups is 1. The van der Waals surface area contributed by atoms with Crippen LogP contribution in [0, 0.1) is 5.92 Å². The molecule has 0 aromatic heterocycles. The number of aldehydes is 1. The van der Waals surface area contributed by atoms with Gasteiger partial charge in [-0.25, -0.2) is 0 Å². The first-order valence-corrected chi connectivity index (χ1v) is 4.80. The molecule has 0 aromatic carbocycles. The topological polar surface area (TPSA) is 29.1 Å². The lowest BCUT2D eigenvalue weighted by atomic mass is 10.2. The molecule has 1 fully saturated rings. The Bertz CT molecular complexity index is 154. The molecule has 0 bridgehead atoms. The summed E-state index contributed by atoms with van der Waals surface area (Å²) in [5.41, 5.74) is 1.05. The summed E-state index contributed by atoms with van der Waals surface area (Å²) in [5, 5.41) is 0. The maximum atomic E-state index is 9.93. The van der Waals surface area contributed by atoms with E-state index in [4.69, 9.17) is 0 Å². The second kappa shape index (κ2) is 4.44. The van der Waals surface area contributed by atoms with Gasteiger partial charge >= 0.3 is 0 Å². The van der Waals surface area contributed by atoms with Crippen LogP contribution >= 0.6 is 11.9 Å². The quantitative estimate of drug-likeness (QED) is 0.375. The number of allylic oxidation sites excluding steroid dienone is 1. The van der Waals surface area contributed by atoms with Gasteiger partial charge in [0.05, 0.1) is 5.75 Å². The number of hydrogen-bond donors (Lipinski definition) is 1. The Morgan fingerprint density at radius 1 is 1.73 bits per heavy atom. The summed E-state index contributed by atoms with van der Waals surface area (Å²) in [6.45, 7) is 3.86. The van der Waals surface area contributed by atoms with Crippen molar-refractivity contribution >= 4 is 18.2 Å². The van der Waals surface area contributed by atoms with Gasteiger partial charge in [-0.3, -0.25) is 0 Å². The van der Waals surface area contributed by atoms with Crippen LogP contribution in [-0.2, 0) is 4.79 Å². The van der Waals surface area contributed by atoms with Gasteiger partial charge in [-0.15, -0.1) is 0 Å². The summed E-state index contributed by atoms with van der Waals surface area (Å²) in [7, 11) is 0. The number of hydrogen-bond acceptors (Lipinski definition) is 3. The van der Waals surface area contributed by atoms with Crippen molar-refractivity contribution in [2.45, 2.75) is 19.3 Å². The van der Waals surface area contributed by atoms with Crippen LogP contribution in [0.15, 0.2) is 12.3 Å². The van der Waals surface area contributed by atoms with Crippen molar-refractivity contribution in [1.29, 1.82) is 0 Å². The molecule has 1 aliphatic rings. The van der Waals surface area contributed by atoms with E-state index in [0.717, 1.165) is 24.3 Å². The fourth-order valence-corrected chi connectivity index (χ4v) is 1.33. The molecule has 0 unspecified atom stereocenters. The summed E-state index contributed by atoms with van der Waals surface area (Å²) in [5.74, 6) is 1.37. The summed E-state index contributed by atoms with van der Waals surface area (Å²) < 4.78 is 3.05. The molecule has 11 heavy (non-hydrogen) atoms. The van der Waals surface area contributed by atoms with Crippen LogP contribution in [0.25, 0.3) is 0 Å². The van der Waals surface area contributed by atoms with Gasteiger partial charge in [-0.2, -0.15) is 0 Å². The van der Waals surface area contributed by atoms with E-state index in [9.17, 15) is 4.79 Å². The molecule has 1 aliphatic carbocycles. The molecule has 0 heterocycles. The Labute approximate surface area is 71.6 Å². The minimum absolute atomic E-state index is 0.504. The molecule has 1 saturated carbocycles. The highest BCUT2D eigenvalue weighted by molar-refractivity contribution is 7.98. The molecule has 1 N–H and O–H groups in total. The minimum atomic E-state index is 0.504. The first kappa shape index (κ1) is 8.65. The van der Waals surface area contributed by atoms with Crippen LogP contribution in [0.2, 0.25) is 0 Å². The van der Waals surface area contributed by atoms with Crippen molar-refractivity contribution in [1.82, 2.24) is 4.72 Å². The van der Waals surface area contributed by atoms with Crippen LogP contribution in [0.5, 0.6) is 0 Å². The third-order valence-electron chi connectivity index (χ3n) is 1.60. The van der Waals surface area contributed by atoms with Crippen LogP contribution < -0.4 is 4.72 Å². The van der Waals surface area contributed by atoms with Crippen LogP contribution in [-0.4, -0.2) is 12.0 Å². The molecule has 62 valence electrons. The summed E-state index contributed by atoms with van der Waals surface area (Å²) in [6.07, 6.45) is 4.66. The van der Waals surface area contributed by atoms with Crippen molar-refractivity contribution in [3.63, 3.8) is 0 Å². The van der Waals surface area contributed by atoms with Crippen molar-refractivity contribution in [2.75, 3.05) is 5.75 Å². The predicted octanol–water partition coefficient (Wildman–Crippen LogP) is 1.74. The molecule has 3 heteroatoms. The highest BCUT2D eigenvalue weighted by Gasteiger charge is 2.21. The van der Waals surface area contributed by atoms with E-state index < -0.39 is 0 Å². The molecule has 0 amide bonds. The van der Waals surface area contributed by atoms with Crippen molar-refractivity contribution in [3.05, 3.63) is 12.3 Å². The fourth-order valence-electron chi connectivity index (χ4n) is 0.890. The fraction of sp³-hybridized carbons (Fsp3) is 0.625. The number of rotatable bonds is 6. The second-order valence-electron chi connectivity index (χ2n) is 2.83. The maximum absolute atomic E-state index is 9.93. The average molecular weight is 171 g/mol. The highest BCUT2D eigenvalue weighted by Crippen LogP contribution is 2.34. The van der Waals surface area contributed by atoms with Crippen LogP contribution in [0.1, 0.15) is 19.3 Å². The normalized spacial score (nSPS) is 16.0. The predicted molar refractivity (Wildman–Crippen MR) is 48.1 cm³/mol. The van der Waals surface area contributed by atoms with E-state index in [0.29, 0.717) is 5.75 Å². The summed E-state index contributed by atoms with van der Waals surface area (Å²) in [4.78, 5) is 9.93. The standard InChI is InChI=1S/C8H13NOS/c1-7(6-8-2-3-8)9-11-5-4-10/h4,8-9H,1-3,5-6H2. The summed E-state index contributed by atoms with van der Waals surface area (Å²) >= 11 is 1.41. The van der Waals surface area contributed by atoms with E-state index in [1.165, 1.54) is 24.8 Å². The van der Waals surface area contributed by atoms with Gasteiger partial charge in [0, 0.05) is 5.70 Å². The largest absolute Gasteiger partial charge is 0.334 e. The molecule has 0 atom stereocenters. The van der Waals surface area contributed by atoms with Gasteiger partial charge in [0.15, 0.2) is 0 Å². The van der Waals surface area contributed by atoms with E-state index in [2.05, 4.69) is 11.3 Å². The number of nitrogens with one attached hydrogen (secondary N) is 1. The van der Waals surface area contributed by atoms with Gasteiger partial charge in [0.1, 0.15) is 6.29 Å². The Morgan fingerprint density at radius 2 is 2.45 bits per heavy atom. The smallest absolute Gasteiger partial charge is 0.131 e. The Hall–Kier alpha value is -0.440. The molecular formula is C8H13NOS. The third kappa shape index (κ3) is 4.09. The second-order valence-corrected chi connectivity index (χ2v) is 3.66. The molecule has 1 rings (SSSR count). The number of carbonyl (C=O) groups excluding carboxylic acids is 1. The van der Waals surface area contributed by atoms with E-state index >= 15 is 0 Å². The zero-order valence-electron chi connectivity index (χ0n) is 6.51. The highest BCUT2D eigenvalue weighted by atomic mass is 32.2. The monoisotopic (exact) mass is 171 g/mol. The zero-order valence-corrected chi connectivity index (χ0v) is 7.32. The van der Waals surface area contributed by atoms with Crippen molar-refractivity contribution < 1.29 is 4.79 Å². The van der Waals surface area contributed by atoms with Gasteiger partial charge in [0.2, 0.25) is 0 Å². The van der Waals surface area contributed by atoms with Crippen molar-refractivity contribution in [2.24, 2.45) is 5.92 Å². The molecule has 0 spiro atoms. The average Bonchev–Trinajstić information content (AvgIpc) is 2.72. The molecule has 0 saturated heterocycles. The Balaban J connectivity index is 1.95. The van der Waals surface area contributed by atoms with E-state index in [-0.39, 0.29) is 0 Å². The van der Waals surface area contributed by atoms with E-state index in [1.54, 1.807) is 0 Å². The van der Waals surface area contributed by atoms with Gasteiger partial charge in [0.25, 0.3) is 0 Å². The molecule has 0 aromatic rings. The van der Waals surface area contributed by atoms with Gasteiger partial charge in [-0.05, 0) is 37.1 Å². The van der Waals surface area contributed by atoms with Crippen LogP contribution in [0.4, 0.5) is 0 Å². The van der Waals surface area contributed by atoms with Crippen LogP contribution in [0.3, 0.4) is 0 Å². The third-order valence-corrected chi connectivity index (χ3v) is 2.34. The van der Waals surface area contributed by atoms with Gasteiger partial charge < -0.3 is 9.52 Å². The summed E-state index contributed by atoms with van der Waals surface area (Å²) in [6, 6.07) is 0. The lowest BCUT2D eigenvalue weighted by Crippen LogP contribution is -2.04. The van der Waals surface area contributed by atoms with Crippen molar-refractivity contribution in [3.8, 4) is 0 Å². The molecular weight excluding hydrogens is 158 g/mol. The molecule has 0 aliphatic heterocycles. The SMILES string of the molecule is C=C(CC1CC1)NSCC=O. The maximum Gasteiger partial charge on any atom is 0.131 e.